The smallest absolute Gasteiger partial charge is 0.416 e. The molecule has 5 aromatic carbocycles. The van der Waals surface area contributed by atoms with Crippen molar-refractivity contribution in [1.29, 1.82) is 0 Å². The second kappa shape index (κ2) is 24.5. The number of carbonyl (C=O) groups is 1. The van der Waals surface area contributed by atoms with Crippen molar-refractivity contribution in [1.82, 2.24) is 4.90 Å². The van der Waals surface area contributed by atoms with Crippen LogP contribution in [0, 0.1) is 33.7 Å². The summed E-state index contributed by atoms with van der Waals surface area (Å²) in [6, 6.07) is 35.8. The minimum Gasteiger partial charge on any atom is -0.493 e. The van der Waals surface area contributed by atoms with Gasteiger partial charge in [-0.15, -0.1) is 18.3 Å². The van der Waals surface area contributed by atoms with Crippen molar-refractivity contribution in [2.24, 2.45) is 22.9 Å². The fourth-order valence-electron chi connectivity index (χ4n) is 10.2. The highest BCUT2D eigenvalue weighted by molar-refractivity contribution is 7.99. The maximum atomic E-state index is 15.1. The van der Waals surface area contributed by atoms with Gasteiger partial charge in [0.05, 0.1) is 29.8 Å². The summed E-state index contributed by atoms with van der Waals surface area (Å²) >= 11 is 1.71. The molecule has 8 rings (SSSR count). The molecule has 1 amide bonds. The molecule has 0 radical (unpaired) electrons. The summed E-state index contributed by atoms with van der Waals surface area (Å²) in [5.74, 6) is -1.11. The minimum atomic E-state index is -1.63. The zero-order valence-electron chi connectivity index (χ0n) is 39.6. The number of aliphatic hydroxyl groups excluding tert-OH is 2. The number of allylic oxidation sites excluding steroid dienone is 1. The molecule has 0 saturated heterocycles. The molecule has 0 unspecified atom stereocenters. The Bertz CT molecular complexity index is 2620. The van der Waals surface area contributed by atoms with E-state index in [0.29, 0.717) is 42.2 Å². The van der Waals surface area contributed by atoms with Crippen molar-refractivity contribution in [2.75, 3.05) is 32.2 Å². The fourth-order valence-corrected chi connectivity index (χ4v) is 11.0. The molecule has 0 bridgehead atoms. The third kappa shape index (κ3) is 12.3. The van der Waals surface area contributed by atoms with E-state index < -0.39 is 34.6 Å². The van der Waals surface area contributed by atoms with Gasteiger partial charge >= 0.3 is 6.09 Å². The predicted molar refractivity (Wildman–Crippen MR) is 270 cm³/mol. The summed E-state index contributed by atoms with van der Waals surface area (Å²) in [5, 5.41) is 36.6. The Morgan fingerprint density at radius 3 is 2.31 bits per heavy atom. The Morgan fingerprint density at radius 2 is 1.61 bits per heavy atom. The number of ether oxygens (including phenoxy) is 4. The van der Waals surface area contributed by atoms with E-state index in [0.717, 1.165) is 53.0 Å². The Kier molecular flexibility index (Phi) is 17.6. The lowest BCUT2D eigenvalue weighted by Gasteiger charge is -2.59. The van der Waals surface area contributed by atoms with Gasteiger partial charge in [0.2, 0.25) is 5.79 Å². The van der Waals surface area contributed by atoms with Crippen molar-refractivity contribution in [3.05, 3.63) is 184 Å². The standard InChI is InChI=1S/C56H60FN3O10S/c1-2-31-67-56-52(59(37-39-19-21-42(57)22-20-39)55(63)69-44-25-23-43(24-26-44)60(64)65)36-50(58-68-38-40-13-5-3-6-14-40)48-34-41(15-9-11-29-61)47(18-10-12-30-62)53(54(48)56)49-35-45(27-28-51(49)70-56)66-32-33-71-46-16-7-4-8-17-46/h2-8,13-14,16-17,19-28,34-35,41,47,52-54,61-62H,1,9-12,15,18,29-33,36-38H2/t41-,47+,52-,53+,54+,56+/m0/s1. The van der Waals surface area contributed by atoms with Gasteiger partial charge in [-0.05, 0) is 109 Å². The number of oxime groups is 1. The van der Waals surface area contributed by atoms with Crippen LogP contribution in [0.2, 0.25) is 0 Å². The maximum absolute atomic E-state index is 15.1. The molecular weight excluding hydrogens is 926 g/mol. The van der Waals surface area contributed by atoms with E-state index in [1.165, 1.54) is 41.3 Å². The summed E-state index contributed by atoms with van der Waals surface area (Å²) in [7, 11) is 0. The monoisotopic (exact) mass is 985 g/mol. The topological polar surface area (TPSA) is 162 Å². The summed E-state index contributed by atoms with van der Waals surface area (Å²) in [6.07, 6.45) is 7.37. The average Bonchev–Trinajstić information content (AvgIpc) is 3.39. The van der Waals surface area contributed by atoms with Gasteiger partial charge in [0.1, 0.15) is 35.7 Å². The van der Waals surface area contributed by atoms with Crippen LogP contribution in [0.15, 0.2) is 162 Å². The molecule has 2 aliphatic carbocycles. The van der Waals surface area contributed by atoms with E-state index in [9.17, 15) is 24.7 Å². The zero-order chi connectivity index (χ0) is 49.6. The molecule has 2 N–H and O–H groups in total. The third-order valence-electron chi connectivity index (χ3n) is 13.4. The normalized spacial score (nSPS) is 21.5. The number of amides is 1. The van der Waals surface area contributed by atoms with E-state index in [4.69, 9.17) is 28.9 Å². The zero-order valence-corrected chi connectivity index (χ0v) is 40.4. The van der Waals surface area contributed by atoms with Gasteiger partial charge in [0.15, 0.2) is 0 Å². The summed E-state index contributed by atoms with van der Waals surface area (Å²) < 4.78 is 41.6. The maximum Gasteiger partial charge on any atom is 0.416 e. The van der Waals surface area contributed by atoms with Gasteiger partial charge in [-0.1, -0.05) is 90.8 Å². The second-order valence-electron chi connectivity index (χ2n) is 17.9. The molecule has 0 aromatic heterocycles. The van der Waals surface area contributed by atoms with Crippen LogP contribution < -0.4 is 14.2 Å². The van der Waals surface area contributed by atoms with E-state index in [1.807, 2.05) is 60.7 Å². The first-order valence-corrected chi connectivity index (χ1v) is 25.2. The average molecular weight is 986 g/mol. The number of fused-ring (bicyclic) bond motifs is 2. The molecule has 1 fully saturated rings. The lowest BCUT2D eigenvalue weighted by Crippen LogP contribution is -2.70. The van der Waals surface area contributed by atoms with E-state index >= 15 is 4.79 Å². The van der Waals surface area contributed by atoms with Crippen molar-refractivity contribution < 1.29 is 48.1 Å². The number of aliphatic hydroxyl groups is 2. The molecule has 5 aromatic rings. The van der Waals surface area contributed by atoms with Crippen LogP contribution in [-0.4, -0.2) is 75.9 Å². The lowest BCUT2D eigenvalue weighted by molar-refractivity contribution is -0.384. The number of non-ortho nitro benzene ring substituents is 1. The number of nitro benzene ring substituents is 1. The first-order valence-electron chi connectivity index (χ1n) is 24.2. The fraction of sp³-hybridized carbons (Fsp3) is 0.357. The summed E-state index contributed by atoms with van der Waals surface area (Å²) in [5.41, 5.74) is 3.63. The van der Waals surface area contributed by atoms with Gasteiger partial charge in [0.25, 0.3) is 5.69 Å². The first-order chi connectivity index (χ1) is 34.7. The van der Waals surface area contributed by atoms with Crippen LogP contribution in [0.3, 0.4) is 0 Å². The van der Waals surface area contributed by atoms with Gasteiger partial charge < -0.3 is 34.0 Å². The molecule has 0 spiro atoms. The molecular formula is C56H60FN3O10S. The number of hydrogen-bond acceptors (Lipinski definition) is 12. The number of thioether (sulfide) groups is 1. The van der Waals surface area contributed by atoms with Crippen molar-refractivity contribution >= 4 is 29.3 Å². The molecule has 372 valence electrons. The number of hydrogen-bond donors (Lipinski definition) is 2. The van der Waals surface area contributed by atoms with Gasteiger partial charge in [-0.2, -0.15) is 0 Å². The Hall–Kier alpha value is -6.52. The summed E-state index contributed by atoms with van der Waals surface area (Å²) in [6.45, 7) is 4.68. The Balaban J connectivity index is 1.29. The molecule has 13 nitrogen and oxygen atoms in total. The molecule has 15 heteroatoms. The molecule has 71 heavy (non-hydrogen) atoms. The molecule has 3 aliphatic rings. The SMILES string of the molecule is C=CCO[C@@]12Oc3ccc(OCCSc4ccccc4)cc3[C@H]3[C@H](CCCCO)[C@@H](CCCCO)C=C(C(=NOCc4ccccc4)C[C@@H]1N(Cc1ccc(F)cc1)C(=O)Oc1ccc([N+](=O)[O-])cc1)[C@H]32. The Labute approximate surface area is 418 Å². The van der Waals surface area contributed by atoms with Gasteiger partial charge in [-0.3, -0.25) is 15.0 Å². The quantitative estimate of drug-likeness (QED) is 0.0199. The number of carbonyl (C=O) groups excluding carboxylic acids is 1. The number of halogens is 1. The molecule has 1 saturated carbocycles. The van der Waals surface area contributed by atoms with Crippen LogP contribution in [0.25, 0.3) is 0 Å². The highest BCUT2D eigenvalue weighted by Gasteiger charge is 2.65. The van der Waals surface area contributed by atoms with Crippen molar-refractivity contribution in [3.63, 3.8) is 0 Å². The minimum absolute atomic E-state index is 0.00955. The summed E-state index contributed by atoms with van der Waals surface area (Å²) in [4.78, 5) is 35.0. The van der Waals surface area contributed by atoms with E-state index in [1.54, 1.807) is 30.0 Å². The highest BCUT2D eigenvalue weighted by atomic mass is 32.2. The second-order valence-corrected chi connectivity index (χ2v) is 19.1. The first kappa shape index (κ1) is 50.9. The van der Waals surface area contributed by atoms with Crippen molar-refractivity contribution in [3.8, 4) is 17.2 Å². The molecule has 1 aliphatic heterocycles. The third-order valence-corrected chi connectivity index (χ3v) is 14.4. The van der Waals surface area contributed by atoms with E-state index in [2.05, 4.69) is 30.9 Å². The molecule has 1 heterocycles. The van der Waals surface area contributed by atoms with Crippen LogP contribution in [0.4, 0.5) is 14.9 Å². The number of benzene rings is 5. The number of rotatable bonds is 24. The number of nitrogens with zero attached hydrogens (tertiary/aromatic N) is 3. The Morgan fingerprint density at radius 1 is 0.901 bits per heavy atom. The number of unbranched alkanes of at least 4 members (excludes halogenated alkanes) is 2. The van der Waals surface area contributed by atoms with E-state index in [-0.39, 0.29) is 68.6 Å². The predicted octanol–water partition coefficient (Wildman–Crippen LogP) is 11.4. The van der Waals surface area contributed by atoms with Crippen molar-refractivity contribution in [2.45, 2.75) is 80.7 Å². The highest BCUT2D eigenvalue weighted by Crippen LogP contribution is 2.62. The van der Waals surface area contributed by atoms with Gasteiger partial charge in [0, 0.05) is 60.4 Å². The van der Waals surface area contributed by atoms with Crippen LogP contribution >= 0.6 is 11.8 Å². The largest absolute Gasteiger partial charge is 0.493 e. The van der Waals surface area contributed by atoms with Gasteiger partial charge in [-0.25, -0.2) is 9.18 Å². The molecule has 6 atom stereocenters. The lowest BCUT2D eigenvalue weighted by atomic mass is 9.55. The van der Waals surface area contributed by atoms with Crippen LogP contribution in [0.5, 0.6) is 17.2 Å². The number of nitro groups is 1. The van der Waals surface area contributed by atoms with Crippen LogP contribution in [-0.2, 0) is 22.7 Å². The van der Waals surface area contributed by atoms with Crippen LogP contribution in [0.1, 0.15) is 67.6 Å².